The van der Waals surface area contributed by atoms with Crippen LogP contribution in [0.2, 0.25) is 0 Å². The van der Waals surface area contributed by atoms with E-state index in [1.165, 1.54) is 0 Å². The highest BCUT2D eigenvalue weighted by Crippen LogP contribution is 2.13. The van der Waals surface area contributed by atoms with Crippen LogP contribution in [0, 0.1) is 11.8 Å². The Labute approximate surface area is 93.2 Å². The van der Waals surface area contributed by atoms with Crippen molar-refractivity contribution in [2.24, 2.45) is 0 Å². The molecule has 0 aliphatic carbocycles. The Morgan fingerprint density at radius 3 is 3.20 bits per heavy atom. The van der Waals surface area contributed by atoms with Crippen molar-refractivity contribution in [1.82, 2.24) is 0 Å². The average Bonchev–Trinajstić information content (AvgIpc) is 2.85. The van der Waals surface area contributed by atoms with Crippen LogP contribution in [0.4, 0.5) is 0 Å². The van der Waals surface area contributed by atoms with Crippen LogP contribution in [-0.2, 0) is 4.74 Å². The zero-order chi connectivity index (χ0) is 10.5. The van der Waals surface area contributed by atoms with Crippen molar-refractivity contribution >= 4 is 11.3 Å². The van der Waals surface area contributed by atoms with E-state index in [0.717, 1.165) is 4.88 Å². The maximum Gasteiger partial charge on any atom is 0.102 e. The van der Waals surface area contributed by atoms with Gasteiger partial charge in [0.15, 0.2) is 0 Å². The highest BCUT2D eigenvalue weighted by molar-refractivity contribution is 7.10. The van der Waals surface area contributed by atoms with Crippen LogP contribution < -0.4 is 0 Å². The molecule has 0 spiro atoms. The van der Waals surface area contributed by atoms with Crippen molar-refractivity contribution in [3.63, 3.8) is 0 Å². The minimum atomic E-state index is -0.371. The number of allylic oxidation sites excluding steroid dienone is 1. The Bertz CT molecular complexity index is 383. The number of thiophene rings is 1. The van der Waals surface area contributed by atoms with Crippen molar-refractivity contribution in [1.29, 1.82) is 0 Å². The van der Waals surface area contributed by atoms with E-state index in [0.29, 0.717) is 13.0 Å². The first-order valence-electron chi connectivity index (χ1n) is 4.87. The van der Waals surface area contributed by atoms with Crippen LogP contribution >= 0.6 is 11.3 Å². The van der Waals surface area contributed by atoms with Gasteiger partial charge >= 0.3 is 0 Å². The van der Waals surface area contributed by atoms with Gasteiger partial charge in [0.1, 0.15) is 6.10 Å². The molecule has 0 saturated carbocycles. The summed E-state index contributed by atoms with van der Waals surface area (Å²) in [5.74, 6) is 5.93. The molecule has 15 heavy (non-hydrogen) atoms. The molecule has 0 radical (unpaired) electrons. The van der Waals surface area contributed by atoms with Crippen LogP contribution in [0.1, 0.15) is 11.3 Å². The molecule has 1 N–H and O–H groups in total. The number of ether oxygens (including phenoxy) is 1. The number of aliphatic hydroxyl groups excluding tert-OH is 1. The van der Waals surface area contributed by atoms with E-state index in [2.05, 4.69) is 11.8 Å². The monoisotopic (exact) mass is 220 g/mol. The van der Waals surface area contributed by atoms with Gasteiger partial charge in [-0.15, -0.1) is 11.3 Å². The van der Waals surface area contributed by atoms with E-state index >= 15 is 0 Å². The fraction of sp³-hybridized carbons (Fsp3) is 0.333. The third-order valence-corrected chi connectivity index (χ3v) is 2.97. The van der Waals surface area contributed by atoms with Gasteiger partial charge in [-0.25, -0.2) is 0 Å². The Hall–Kier alpha value is -1.08. The first-order chi connectivity index (χ1) is 7.36. The van der Waals surface area contributed by atoms with E-state index in [-0.39, 0.29) is 12.2 Å². The van der Waals surface area contributed by atoms with Gasteiger partial charge in [-0.3, -0.25) is 0 Å². The number of hydrogen-bond acceptors (Lipinski definition) is 3. The Balaban J connectivity index is 1.89. The smallest absolute Gasteiger partial charge is 0.102 e. The fourth-order valence-electron chi connectivity index (χ4n) is 1.39. The molecule has 3 heteroatoms. The highest BCUT2D eigenvalue weighted by atomic mass is 32.1. The van der Waals surface area contributed by atoms with E-state index in [9.17, 15) is 5.11 Å². The fourth-order valence-corrected chi connectivity index (χ4v) is 1.97. The minimum Gasteiger partial charge on any atom is -0.390 e. The van der Waals surface area contributed by atoms with Crippen molar-refractivity contribution in [2.45, 2.75) is 18.6 Å². The van der Waals surface area contributed by atoms with E-state index < -0.39 is 0 Å². The van der Waals surface area contributed by atoms with Gasteiger partial charge in [-0.2, -0.15) is 0 Å². The SMILES string of the molecule is O[C@@H]1CCO[C@H]1/C=C/C#Cc1cccs1. The molecule has 1 saturated heterocycles. The Morgan fingerprint density at radius 2 is 2.53 bits per heavy atom. The average molecular weight is 220 g/mol. The molecule has 0 amide bonds. The van der Waals surface area contributed by atoms with Crippen molar-refractivity contribution in [3.05, 3.63) is 34.5 Å². The molecule has 2 nitrogen and oxygen atoms in total. The molecule has 1 fully saturated rings. The Kier molecular flexibility index (Phi) is 3.57. The van der Waals surface area contributed by atoms with E-state index in [4.69, 9.17) is 4.74 Å². The lowest BCUT2D eigenvalue weighted by atomic mass is 10.2. The molecule has 0 aromatic carbocycles. The zero-order valence-electron chi connectivity index (χ0n) is 8.22. The zero-order valence-corrected chi connectivity index (χ0v) is 9.04. The molecule has 1 aromatic rings. The number of rotatable bonds is 1. The first kappa shape index (κ1) is 10.4. The van der Waals surface area contributed by atoms with Gasteiger partial charge < -0.3 is 9.84 Å². The predicted molar refractivity (Wildman–Crippen MR) is 60.7 cm³/mol. The van der Waals surface area contributed by atoms with Crippen LogP contribution in [0.3, 0.4) is 0 Å². The van der Waals surface area contributed by atoms with Gasteiger partial charge in [0.25, 0.3) is 0 Å². The predicted octanol–water partition coefficient (Wildman–Crippen LogP) is 1.81. The maximum atomic E-state index is 9.45. The van der Waals surface area contributed by atoms with Crippen LogP contribution in [0.15, 0.2) is 29.7 Å². The number of aliphatic hydroxyl groups is 1. The summed E-state index contributed by atoms with van der Waals surface area (Å²) in [6.45, 7) is 0.633. The van der Waals surface area contributed by atoms with E-state index in [1.54, 1.807) is 17.4 Å². The molecule has 0 unspecified atom stereocenters. The molecular weight excluding hydrogens is 208 g/mol. The summed E-state index contributed by atoms with van der Waals surface area (Å²) in [5, 5.41) is 11.4. The molecule has 1 aliphatic heterocycles. The summed E-state index contributed by atoms with van der Waals surface area (Å²) >= 11 is 1.62. The summed E-state index contributed by atoms with van der Waals surface area (Å²) in [7, 11) is 0. The molecule has 2 atom stereocenters. The van der Waals surface area contributed by atoms with Crippen molar-refractivity contribution in [2.75, 3.05) is 6.61 Å². The van der Waals surface area contributed by atoms with Gasteiger partial charge in [0.05, 0.1) is 17.6 Å². The molecule has 1 aromatic heterocycles. The largest absolute Gasteiger partial charge is 0.390 e. The number of hydrogen-bond donors (Lipinski definition) is 1. The van der Waals surface area contributed by atoms with Crippen LogP contribution in [-0.4, -0.2) is 23.9 Å². The lowest BCUT2D eigenvalue weighted by Gasteiger charge is -2.06. The van der Waals surface area contributed by atoms with Gasteiger partial charge in [0.2, 0.25) is 0 Å². The second-order valence-electron chi connectivity index (χ2n) is 3.30. The van der Waals surface area contributed by atoms with Gasteiger partial charge in [-0.05, 0) is 30.0 Å². The molecule has 2 heterocycles. The molecule has 0 bridgehead atoms. The summed E-state index contributed by atoms with van der Waals surface area (Å²) in [4.78, 5) is 1.05. The van der Waals surface area contributed by atoms with Crippen molar-refractivity contribution in [3.8, 4) is 11.8 Å². The highest BCUT2D eigenvalue weighted by Gasteiger charge is 2.22. The molecule has 2 rings (SSSR count). The van der Waals surface area contributed by atoms with Crippen LogP contribution in [0.25, 0.3) is 0 Å². The Morgan fingerprint density at radius 1 is 1.60 bits per heavy atom. The van der Waals surface area contributed by atoms with Crippen LogP contribution in [0.5, 0.6) is 0 Å². The minimum absolute atomic E-state index is 0.178. The third-order valence-electron chi connectivity index (χ3n) is 2.19. The quantitative estimate of drug-likeness (QED) is 0.731. The topological polar surface area (TPSA) is 29.5 Å². The molecule has 78 valence electrons. The summed E-state index contributed by atoms with van der Waals surface area (Å²) in [6, 6.07) is 3.95. The van der Waals surface area contributed by atoms with E-state index in [1.807, 2.05) is 23.6 Å². The second kappa shape index (κ2) is 5.13. The van der Waals surface area contributed by atoms with Gasteiger partial charge in [0, 0.05) is 0 Å². The third kappa shape index (κ3) is 2.93. The molecule has 1 aliphatic rings. The summed E-state index contributed by atoms with van der Waals surface area (Å²) < 4.78 is 5.30. The summed E-state index contributed by atoms with van der Waals surface area (Å²) in [5.41, 5.74) is 0. The first-order valence-corrected chi connectivity index (χ1v) is 5.75. The van der Waals surface area contributed by atoms with Gasteiger partial charge in [-0.1, -0.05) is 17.9 Å². The van der Waals surface area contributed by atoms with Crippen molar-refractivity contribution < 1.29 is 9.84 Å². The second-order valence-corrected chi connectivity index (χ2v) is 4.24. The summed E-state index contributed by atoms with van der Waals surface area (Å²) in [6.07, 6.45) is 3.73. The maximum absolute atomic E-state index is 9.45. The molecular formula is C12H12O2S. The standard InChI is InChI=1S/C12H12O2S/c13-11-7-8-14-12(11)6-2-1-4-10-5-3-9-15-10/h2-3,5-6,9,11-13H,7-8H2/b6-2+/t11-,12+/m1/s1. The lowest BCUT2D eigenvalue weighted by Crippen LogP contribution is -2.17. The lowest BCUT2D eigenvalue weighted by molar-refractivity contribution is 0.0749. The normalized spacial score (nSPS) is 25.4.